The third-order valence-corrected chi connectivity index (χ3v) is 5.56. The van der Waals surface area contributed by atoms with Gasteiger partial charge in [-0.3, -0.25) is 4.79 Å². The van der Waals surface area contributed by atoms with E-state index < -0.39 is 21.6 Å². The zero-order valence-electron chi connectivity index (χ0n) is 15.0. The molecule has 0 bridgehead atoms. The van der Waals surface area contributed by atoms with Gasteiger partial charge >= 0.3 is 5.97 Å². The highest BCUT2D eigenvalue weighted by molar-refractivity contribution is 7.88. The molecule has 10 nitrogen and oxygen atoms in total. The van der Waals surface area contributed by atoms with E-state index in [2.05, 4.69) is 4.98 Å². The van der Waals surface area contributed by atoms with Gasteiger partial charge in [-0.2, -0.15) is 0 Å². The minimum absolute atomic E-state index is 0.0219. The van der Waals surface area contributed by atoms with Crippen LogP contribution >= 0.6 is 0 Å². The molecule has 0 aliphatic heterocycles. The Hall–Kier alpha value is -2.92. The molecule has 0 N–H and O–H groups in total. The Labute approximate surface area is 154 Å². The Kier molecular flexibility index (Phi) is 4.66. The maximum absolute atomic E-state index is 12.5. The Balaban J connectivity index is 1.85. The fraction of sp³-hybridized carbons (Fsp3) is 0.312. The van der Waals surface area contributed by atoms with Crippen molar-refractivity contribution in [3.8, 4) is 0 Å². The van der Waals surface area contributed by atoms with Gasteiger partial charge in [0.15, 0.2) is 0 Å². The maximum atomic E-state index is 12.5. The van der Waals surface area contributed by atoms with E-state index in [1.54, 1.807) is 0 Å². The number of esters is 1. The summed E-state index contributed by atoms with van der Waals surface area (Å²) in [5, 5.41) is -0.237. The molecule has 0 aliphatic carbocycles. The SMILES string of the molecule is Cc1oc2ncn(C)c(=O)c2c1C(=O)OCc1ccc(S(=O)(=O)N(C)C)o1. The zero-order chi connectivity index (χ0) is 19.9. The summed E-state index contributed by atoms with van der Waals surface area (Å²) in [5.41, 5.74) is -0.424. The fourth-order valence-corrected chi connectivity index (χ4v) is 3.21. The third kappa shape index (κ3) is 3.26. The summed E-state index contributed by atoms with van der Waals surface area (Å²) in [6, 6.07) is 2.67. The number of carbonyl (C=O) groups excluding carboxylic acids is 1. The molecular formula is C16H17N3O7S. The maximum Gasteiger partial charge on any atom is 0.343 e. The van der Waals surface area contributed by atoms with Gasteiger partial charge < -0.3 is 18.1 Å². The topological polar surface area (TPSA) is 125 Å². The average Bonchev–Trinajstić information content (AvgIpc) is 3.21. The number of aromatic nitrogens is 2. The first-order chi connectivity index (χ1) is 12.6. The molecule has 0 aromatic carbocycles. The lowest BCUT2D eigenvalue weighted by atomic mass is 10.2. The van der Waals surface area contributed by atoms with Crippen LogP contribution in [0.5, 0.6) is 0 Å². The lowest BCUT2D eigenvalue weighted by Gasteiger charge is -2.07. The molecule has 0 aliphatic rings. The van der Waals surface area contributed by atoms with Crippen LogP contribution < -0.4 is 5.56 Å². The van der Waals surface area contributed by atoms with E-state index >= 15 is 0 Å². The van der Waals surface area contributed by atoms with Crippen molar-refractivity contribution in [2.75, 3.05) is 14.1 Å². The van der Waals surface area contributed by atoms with Crippen LogP contribution in [0.25, 0.3) is 11.1 Å². The number of nitrogens with zero attached hydrogens (tertiary/aromatic N) is 3. The van der Waals surface area contributed by atoms with Crippen LogP contribution in [-0.2, 0) is 28.4 Å². The molecule has 0 unspecified atom stereocenters. The van der Waals surface area contributed by atoms with Crippen molar-refractivity contribution in [1.29, 1.82) is 0 Å². The smallest absolute Gasteiger partial charge is 0.343 e. The highest BCUT2D eigenvalue weighted by atomic mass is 32.2. The molecule has 0 radical (unpaired) electrons. The van der Waals surface area contributed by atoms with E-state index in [1.165, 1.54) is 51.1 Å². The van der Waals surface area contributed by atoms with Crippen LogP contribution in [0, 0.1) is 6.92 Å². The van der Waals surface area contributed by atoms with Crippen LogP contribution in [0.2, 0.25) is 0 Å². The molecule has 0 saturated heterocycles. The van der Waals surface area contributed by atoms with Crippen molar-refractivity contribution in [2.24, 2.45) is 7.05 Å². The highest BCUT2D eigenvalue weighted by Gasteiger charge is 2.25. The van der Waals surface area contributed by atoms with Gasteiger partial charge in [-0.25, -0.2) is 22.5 Å². The van der Waals surface area contributed by atoms with Gasteiger partial charge in [-0.15, -0.1) is 0 Å². The summed E-state index contributed by atoms with van der Waals surface area (Å²) in [6.45, 7) is 1.21. The van der Waals surface area contributed by atoms with Gasteiger partial charge in [-0.1, -0.05) is 0 Å². The molecule has 3 heterocycles. The highest BCUT2D eigenvalue weighted by Crippen LogP contribution is 2.23. The summed E-state index contributed by atoms with van der Waals surface area (Å²) < 4.78 is 42.0. The fourth-order valence-electron chi connectivity index (χ4n) is 2.40. The molecule has 0 spiro atoms. The van der Waals surface area contributed by atoms with E-state index in [-0.39, 0.29) is 39.9 Å². The standard InChI is InChI=1S/C16H17N3O7S/c1-9-12(13-14(25-9)17-8-19(4)15(13)20)16(21)24-7-10-5-6-11(26-10)27(22,23)18(2)3/h5-6,8H,7H2,1-4H3. The summed E-state index contributed by atoms with van der Waals surface area (Å²) in [4.78, 5) is 28.7. The molecule has 27 heavy (non-hydrogen) atoms. The van der Waals surface area contributed by atoms with Gasteiger partial charge in [0, 0.05) is 21.1 Å². The normalized spacial score (nSPS) is 12.0. The minimum atomic E-state index is -3.72. The van der Waals surface area contributed by atoms with Gasteiger partial charge in [0.25, 0.3) is 15.6 Å². The molecule has 0 amide bonds. The van der Waals surface area contributed by atoms with Gasteiger partial charge in [0.2, 0.25) is 10.8 Å². The number of hydrogen-bond donors (Lipinski definition) is 0. The molecule has 3 rings (SSSR count). The molecule has 0 fully saturated rings. The number of fused-ring (bicyclic) bond motifs is 1. The van der Waals surface area contributed by atoms with Crippen molar-refractivity contribution in [3.05, 3.63) is 45.9 Å². The van der Waals surface area contributed by atoms with Crippen molar-refractivity contribution in [3.63, 3.8) is 0 Å². The number of rotatable bonds is 5. The van der Waals surface area contributed by atoms with Gasteiger partial charge in [-0.05, 0) is 19.1 Å². The Morgan fingerprint density at radius 1 is 1.30 bits per heavy atom. The predicted octanol–water partition coefficient (Wildman–Crippen LogP) is 1.04. The predicted molar refractivity (Wildman–Crippen MR) is 92.7 cm³/mol. The van der Waals surface area contributed by atoms with E-state index in [9.17, 15) is 18.0 Å². The second-order valence-electron chi connectivity index (χ2n) is 5.96. The van der Waals surface area contributed by atoms with E-state index in [0.29, 0.717) is 0 Å². The number of carbonyl (C=O) groups is 1. The summed E-state index contributed by atoms with van der Waals surface area (Å²) in [6.07, 6.45) is 1.29. The van der Waals surface area contributed by atoms with Gasteiger partial charge in [0.1, 0.15) is 35.4 Å². The van der Waals surface area contributed by atoms with Crippen molar-refractivity contribution in [2.45, 2.75) is 18.6 Å². The second kappa shape index (κ2) is 6.67. The molecule has 0 atom stereocenters. The van der Waals surface area contributed by atoms with E-state index in [4.69, 9.17) is 13.6 Å². The van der Waals surface area contributed by atoms with Crippen LogP contribution in [0.15, 0.2) is 37.2 Å². The van der Waals surface area contributed by atoms with Crippen LogP contribution in [0.1, 0.15) is 21.9 Å². The Bertz CT molecular complexity index is 1180. The molecule has 0 saturated carbocycles. The summed E-state index contributed by atoms with van der Waals surface area (Å²) >= 11 is 0. The van der Waals surface area contributed by atoms with Crippen LogP contribution in [0.4, 0.5) is 0 Å². The molecule has 3 aromatic heterocycles. The van der Waals surface area contributed by atoms with Crippen molar-refractivity contribution >= 4 is 27.1 Å². The first kappa shape index (κ1) is 18.9. The van der Waals surface area contributed by atoms with E-state index in [0.717, 1.165) is 4.31 Å². The Morgan fingerprint density at radius 2 is 2.00 bits per heavy atom. The van der Waals surface area contributed by atoms with Crippen LogP contribution in [-0.4, -0.2) is 42.3 Å². The lowest BCUT2D eigenvalue weighted by Crippen LogP contribution is -2.21. The minimum Gasteiger partial charge on any atom is -0.454 e. The number of hydrogen-bond acceptors (Lipinski definition) is 8. The van der Waals surface area contributed by atoms with Crippen molar-refractivity contribution in [1.82, 2.24) is 13.9 Å². The summed E-state index contributed by atoms with van der Waals surface area (Å²) in [7, 11) is 0.525. The average molecular weight is 395 g/mol. The van der Waals surface area contributed by atoms with Crippen molar-refractivity contribution < 1.29 is 26.8 Å². The summed E-state index contributed by atoms with van der Waals surface area (Å²) in [5.74, 6) is -0.467. The molecule has 3 aromatic rings. The largest absolute Gasteiger partial charge is 0.454 e. The number of aryl methyl sites for hydroxylation is 2. The quantitative estimate of drug-likeness (QED) is 0.587. The van der Waals surface area contributed by atoms with Crippen LogP contribution in [0.3, 0.4) is 0 Å². The third-order valence-electron chi connectivity index (χ3n) is 3.87. The molecule has 144 valence electrons. The lowest BCUT2D eigenvalue weighted by molar-refractivity contribution is 0.0440. The monoisotopic (exact) mass is 395 g/mol. The number of ether oxygens (including phenoxy) is 1. The molecule has 11 heteroatoms. The van der Waals surface area contributed by atoms with E-state index in [1.807, 2.05) is 0 Å². The molecular weight excluding hydrogens is 378 g/mol. The first-order valence-corrected chi connectivity index (χ1v) is 9.20. The zero-order valence-corrected chi connectivity index (χ0v) is 15.9. The number of furan rings is 2. The second-order valence-corrected chi connectivity index (χ2v) is 8.04. The van der Waals surface area contributed by atoms with Gasteiger partial charge in [0.05, 0.1) is 0 Å². The number of sulfonamides is 1. The Morgan fingerprint density at radius 3 is 2.67 bits per heavy atom. The first-order valence-electron chi connectivity index (χ1n) is 7.76.